The summed E-state index contributed by atoms with van der Waals surface area (Å²) in [5.41, 5.74) is 0.264. The molecule has 0 aliphatic heterocycles. The average Bonchev–Trinajstić information content (AvgIpc) is 2.65. The van der Waals surface area contributed by atoms with Gasteiger partial charge < -0.3 is 19.4 Å². The highest BCUT2D eigenvalue weighted by atomic mass is 19.4. The standard InChI is InChI=1S/C19H16F3N3O3/c1-27-16-12-25(11-13-7-3-2-4-8-13)18(24-17(16)26)23-14-9-5-6-10-15(14)28-19(20,21)22/h2-10,12H,11H2,1H3,(H,23,24,26). The van der Waals surface area contributed by atoms with E-state index in [-0.39, 0.29) is 17.4 Å². The fourth-order valence-electron chi connectivity index (χ4n) is 2.52. The first-order valence-electron chi connectivity index (χ1n) is 8.17. The van der Waals surface area contributed by atoms with Crippen LogP contribution in [0.5, 0.6) is 11.5 Å². The summed E-state index contributed by atoms with van der Waals surface area (Å²) in [4.78, 5) is 16.0. The zero-order valence-corrected chi connectivity index (χ0v) is 14.7. The van der Waals surface area contributed by atoms with Crippen LogP contribution in [0.1, 0.15) is 5.56 Å². The number of halogens is 3. The van der Waals surface area contributed by atoms with Gasteiger partial charge in [0.05, 0.1) is 25.5 Å². The summed E-state index contributed by atoms with van der Waals surface area (Å²) >= 11 is 0. The quantitative estimate of drug-likeness (QED) is 0.690. The van der Waals surface area contributed by atoms with Crippen molar-refractivity contribution in [2.45, 2.75) is 12.9 Å². The van der Waals surface area contributed by atoms with Gasteiger partial charge in [-0.3, -0.25) is 4.79 Å². The molecule has 0 amide bonds. The lowest BCUT2D eigenvalue weighted by atomic mass is 10.2. The van der Waals surface area contributed by atoms with E-state index in [4.69, 9.17) is 4.74 Å². The van der Waals surface area contributed by atoms with Gasteiger partial charge in [-0.25, -0.2) is 0 Å². The average molecular weight is 391 g/mol. The number of aromatic nitrogens is 2. The Kier molecular flexibility index (Phi) is 5.53. The summed E-state index contributed by atoms with van der Waals surface area (Å²) < 4.78 is 48.6. The zero-order valence-electron chi connectivity index (χ0n) is 14.7. The van der Waals surface area contributed by atoms with Crippen molar-refractivity contribution in [3.8, 4) is 11.5 Å². The number of alkyl halides is 3. The molecule has 0 fully saturated rings. The van der Waals surface area contributed by atoms with Crippen molar-refractivity contribution in [3.05, 3.63) is 76.7 Å². The fraction of sp³-hybridized carbons (Fsp3) is 0.158. The predicted octanol–water partition coefficient (Wildman–Crippen LogP) is 3.94. The molecular weight excluding hydrogens is 375 g/mol. The molecule has 0 saturated heterocycles. The van der Waals surface area contributed by atoms with Crippen LogP contribution >= 0.6 is 0 Å². The lowest BCUT2D eigenvalue weighted by molar-refractivity contribution is -0.274. The summed E-state index contributed by atoms with van der Waals surface area (Å²) in [6.45, 7) is 0.315. The molecule has 3 rings (SSSR count). The molecule has 0 bridgehead atoms. The highest BCUT2D eigenvalue weighted by molar-refractivity contribution is 5.62. The van der Waals surface area contributed by atoms with E-state index in [1.165, 1.54) is 37.6 Å². The van der Waals surface area contributed by atoms with Crippen LogP contribution < -0.4 is 20.3 Å². The third kappa shape index (κ3) is 4.81. The smallest absolute Gasteiger partial charge is 0.490 e. The van der Waals surface area contributed by atoms with Crippen LogP contribution in [0.15, 0.2) is 65.6 Å². The summed E-state index contributed by atoms with van der Waals surface area (Å²) in [5, 5.41) is 2.75. The first-order chi connectivity index (χ1) is 13.4. The minimum atomic E-state index is -4.85. The van der Waals surface area contributed by atoms with Gasteiger partial charge in [0.1, 0.15) is 0 Å². The molecule has 2 aromatic carbocycles. The normalized spacial score (nSPS) is 11.1. The number of ether oxygens (including phenoxy) is 2. The number of hydrogen-bond donors (Lipinski definition) is 1. The Morgan fingerprint density at radius 3 is 2.39 bits per heavy atom. The van der Waals surface area contributed by atoms with Crippen molar-refractivity contribution >= 4 is 11.6 Å². The second kappa shape index (κ2) is 8.03. The van der Waals surface area contributed by atoms with E-state index in [2.05, 4.69) is 15.0 Å². The van der Waals surface area contributed by atoms with Crippen molar-refractivity contribution in [1.82, 2.24) is 9.55 Å². The van der Waals surface area contributed by atoms with Gasteiger partial charge in [-0.1, -0.05) is 42.5 Å². The van der Waals surface area contributed by atoms with Gasteiger partial charge in [0.15, 0.2) is 5.75 Å². The predicted molar refractivity (Wildman–Crippen MR) is 97.0 cm³/mol. The first kappa shape index (κ1) is 19.3. The van der Waals surface area contributed by atoms with Gasteiger partial charge in [-0.05, 0) is 17.7 Å². The van der Waals surface area contributed by atoms with Gasteiger partial charge in [0.2, 0.25) is 11.7 Å². The second-order valence-electron chi connectivity index (χ2n) is 5.72. The van der Waals surface area contributed by atoms with Crippen molar-refractivity contribution < 1.29 is 22.6 Å². The molecule has 0 radical (unpaired) electrons. The molecule has 0 spiro atoms. The van der Waals surface area contributed by atoms with Crippen LogP contribution in [0.2, 0.25) is 0 Å². The Hall–Kier alpha value is -3.49. The second-order valence-corrected chi connectivity index (χ2v) is 5.72. The number of nitrogens with zero attached hydrogens (tertiary/aromatic N) is 2. The number of para-hydroxylation sites is 2. The van der Waals surface area contributed by atoms with E-state index in [0.717, 1.165) is 5.56 Å². The number of nitrogens with one attached hydrogen (secondary N) is 1. The van der Waals surface area contributed by atoms with Gasteiger partial charge in [0, 0.05) is 0 Å². The lowest BCUT2D eigenvalue weighted by Gasteiger charge is -2.17. The molecule has 0 unspecified atom stereocenters. The summed E-state index contributed by atoms with van der Waals surface area (Å²) in [6, 6.07) is 14.8. The van der Waals surface area contributed by atoms with Crippen molar-refractivity contribution in [1.29, 1.82) is 0 Å². The van der Waals surface area contributed by atoms with Gasteiger partial charge in [-0.2, -0.15) is 4.98 Å². The molecule has 0 aliphatic rings. The number of anilines is 2. The fourth-order valence-corrected chi connectivity index (χ4v) is 2.52. The molecule has 28 heavy (non-hydrogen) atoms. The highest BCUT2D eigenvalue weighted by Crippen LogP contribution is 2.31. The largest absolute Gasteiger partial charge is 0.573 e. The van der Waals surface area contributed by atoms with Crippen LogP contribution in [0.25, 0.3) is 0 Å². The monoisotopic (exact) mass is 391 g/mol. The minimum absolute atomic E-state index is 0.0127. The lowest BCUT2D eigenvalue weighted by Crippen LogP contribution is -2.20. The maximum atomic E-state index is 12.7. The van der Waals surface area contributed by atoms with Gasteiger partial charge >= 0.3 is 11.9 Å². The Morgan fingerprint density at radius 1 is 1.04 bits per heavy atom. The Balaban J connectivity index is 2.00. The molecule has 0 aliphatic carbocycles. The maximum Gasteiger partial charge on any atom is 0.573 e. The molecule has 1 heterocycles. The minimum Gasteiger partial charge on any atom is -0.490 e. The van der Waals surface area contributed by atoms with Crippen LogP contribution in [0.3, 0.4) is 0 Å². The first-order valence-corrected chi connectivity index (χ1v) is 8.17. The van der Waals surface area contributed by atoms with E-state index in [1.807, 2.05) is 30.3 Å². The third-order valence-electron chi connectivity index (χ3n) is 3.74. The van der Waals surface area contributed by atoms with Crippen molar-refractivity contribution in [2.75, 3.05) is 12.4 Å². The topological polar surface area (TPSA) is 65.4 Å². The van der Waals surface area contributed by atoms with Crippen LogP contribution in [0.4, 0.5) is 24.8 Å². The van der Waals surface area contributed by atoms with E-state index in [1.54, 1.807) is 4.57 Å². The molecule has 1 N–H and O–H groups in total. The maximum absolute atomic E-state index is 12.7. The Bertz CT molecular complexity index is 1000. The highest BCUT2D eigenvalue weighted by Gasteiger charge is 2.32. The van der Waals surface area contributed by atoms with E-state index < -0.39 is 17.7 Å². The SMILES string of the molecule is COc1cn(Cc2ccccc2)c(Nc2ccccc2OC(F)(F)F)nc1=O. The number of benzene rings is 2. The molecule has 0 saturated carbocycles. The molecule has 3 aromatic rings. The Labute approximate surface area is 158 Å². The number of rotatable bonds is 6. The van der Waals surface area contributed by atoms with Crippen LogP contribution in [-0.4, -0.2) is 23.0 Å². The summed E-state index contributed by atoms with van der Waals surface area (Å²) in [5.74, 6) is -0.375. The Morgan fingerprint density at radius 2 is 1.71 bits per heavy atom. The van der Waals surface area contributed by atoms with E-state index in [9.17, 15) is 18.0 Å². The van der Waals surface area contributed by atoms with E-state index in [0.29, 0.717) is 6.54 Å². The van der Waals surface area contributed by atoms with Crippen molar-refractivity contribution in [2.24, 2.45) is 0 Å². The van der Waals surface area contributed by atoms with Gasteiger partial charge in [-0.15, -0.1) is 13.2 Å². The molecular formula is C19H16F3N3O3. The van der Waals surface area contributed by atoms with Crippen LogP contribution in [0, 0.1) is 0 Å². The third-order valence-corrected chi connectivity index (χ3v) is 3.74. The number of methoxy groups -OCH3 is 1. The van der Waals surface area contributed by atoms with Crippen LogP contribution in [-0.2, 0) is 6.54 Å². The summed E-state index contributed by atoms with van der Waals surface area (Å²) in [6.07, 6.45) is -3.41. The van der Waals surface area contributed by atoms with Gasteiger partial charge in [0.25, 0.3) is 0 Å². The van der Waals surface area contributed by atoms with Crippen molar-refractivity contribution in [3.63, 3.8) is 0 Å². The molecule has 0 atom stereocenters. The molecule has 6 nitrogen and oxygen atoms in total. The van der Waals surface area contributed by atoms with E-state index >= 15 is 0 Å². The molecule has 9 heteroatoms. The molecule has 146 valence electrons. The number of hydrogen-bond acceptors (Lipinski definition) is 5. The summed E-state index contributed by atoms with van der Waals surface area (Å²) in [7, 11) is 1.34. The molecule has 1 aromatic heterocycles. The zero-order chi connectivity index (χ0) is 20.1.